The predicted molar refractivity (Wildman–Crippen MR) is 118 cm³/mol. The zero-order valence-electron chi connectivity index (χ0n) is 17.7. The molecule has 1 unspecified atom stereocenters. The molecule has 0 aliphatic rings. The second-order valence-electron chi connectivity index (χ2n) is 8.43. The van der Waals surface area contributed by atoms with Crippen molar-refractivity contribution < 1.29 is 9.84 Å². The summed E-state index contributed by atoms with van der Waals surface area (Å²) >= 11 is 1.48. The topological polar surface area (TPSA) is 78.5 Å². The van der Waals surface area contributed by atoms with Gasteiger partial charge in [-0.05, 0) is 45.9 Å². The number of nitrogens with zero attached hydrogens (tertiary/aromatic N) is 2. The van der Waals surface area contributed by atoms with E-state index in [1.165, 1.54) is 11.3 Å². The smallest absolute Gasteiger partial charge is 0.260 e. The van der Waals surface area contributed by atoms with Gasteiger partial charge in [-0.15, -0.1) is 11.3 Å². The number of ether oxygens (including phenoxy) is 1. The number of aliphatic hydroxyl groups excluding tert-OH is 1. The quantitative estimate of drug-likeness (QED) is 0.617. The van der Waals surface area contributed by atoms with Crippen molar-refractivity contribution in [3.05, 3.63) is 51.4 Å². The number of hydrogen-bond acceptors (Lipinski definition) is 6. The van der Waals surface area contributed by atoms with Gasteiger partial charge >= 0.3 is 0 Å². The average Bonchev–Trinajstić information content (AvgIpc) is 3.04. The van der Waals surface area contributed by atoms with E-state index in [1.54, 1.807) is 0 Å². The molecule has 0 aliphatic heterocycles. The van der Waals surface area contributed by atoms with Crippen LogP contribution in [0, 0.1) is 6.92 Å². The van der Waals surface area contributed by atoms with E-state index in [9.17, 15) is 9.90 Å². The number of nitrogens with one attached hydrogen (secondary N) is 1. The van der Waals surface area contributed by atoms with Gasteiger partial charge in [-0.3, -0.25) is 9.69 Å². The number of fused-ring (bicyclic) bond motifs is 1. The first kappa shape index (κ1) is 21.6. The molecule has 156 valence electrons. The summed E-state index contributed by atoms with van der Waals surface area (Å²) in [6.07, 6.45) is -0.607. The lowest BCUT2D eigenvalue weighted by Crippen LogP contribution is -2.35. The minimum atomic E-state index is -0.607. The van der Waals surface area contributed by atoms with Gasteiger partial charge in [0.2, 0.25) is 0 Å². The number of aliphatic hydroxyl groups is 1. The first-order chi connectivity index (χ1) is 13.6. The van der Waals surface area contributed by atoms with E-state index < -0.39 is 6.10 Å². The number of benzene rings is 1. The summed E-state index contributed by atoms with van der Waals surface area (Å²) in [7, 11) is 1.89. The van der Waals surface area contributed by atoms with Gasteiger partial charge in [0.05, 0.1) is 30.2 Å². The highest BCUT2D eigenvalue weighted by molar-refractivity contribution is 7.17. The Balaban J connectivity index is 1.75. The number of aromatic nitrogens is 2. The van der Waals surface area contributed by atoms with Gasteiger partial charge in [-0.25, -0.2) is 4.98 Å². The number of aromatic amines is 1. The van der Waals surface area contributed by atoms with Crippen LogP contribution in [0.15, 0.2) is 34.4 Å². The van der Waals surface area contributed by atoms with Crippen LogP contribution in [-0.2, 0) is 11.3 Å². The molecule has 0 saturated carbocycles. The van der Waals surface area contributed by atoms with E-state index in [4.69, 9.17) is 4.74 Å². The normalized spacial score (nSPS) is 13.3. The second kappa shape index (κ2) is 8.75. The molecule has 1 aromatic carbocycles. The van der Waals surface area contributed by atoms with Crippen molar-refractivity contribution in [1.82, 2.24) is 14.9 Å². The summed E-state index contributed by atoms with van der Waals surface area (Å²) in [6.45, 7) is 9.05. The number of aryl methyl sites for hydroxylation is 1. The summed E-state index contributed by atoms with van der Waals surface area (Å²) < 4.78 is 5.62. The fourth-order valence-electron chi connectivity index (χ4n) is 3.22. The van der Waals surface area contributed by atoms with Gasteiger partial charge in [0, 0.05) is 17.5 Å². The van der Waals surface area contributed by atoms with Crippen LogP contribution >= 0.6 is 11.3 Å². The Hall–Kier alpha value is -2.06. The van der Waals surface area contributed by atoms with E-state index in [0.29, 0.717) is 24.3 Å². The minimum Gasteiger partial charge on any atom is -0.389 e. The molecule has 0 radical (unpaired) electrons. The van der Waals surface area contributed by atoms with Gasteiger partial charge in [0.15, 0.2) is 0 Å². The molecule has 2 aromatic heterocycles. The van der Waals surface area contributed by atoms with Crippen LogP contribution in [0.4, 0.5) is 0 Å². The van der Waals surface area contributed by atoms with Crippen LogP contribution in [0.3, 0.4) is 0 Å². The van der Waals surface area contributed by atoms with E-state index in [0.717, 1.165) is 21.5 Å². The molecule has 0 amide bonds. The number of thiophene rings is 1. The molecule has 0 saturated heterocycles. The van der Waals surface area contributed by atoms with Crippen LogP contribution in [-0.4, -0.2) is 51.9 Å². The summed E-state index contributed by atoms with van der Waals surface area (Å²) in [5.41, 5.74) is 2.69. The zero-order chi connectivity index (χ0) is 21.2. The first-order valence-electron chi connectivity index (χ1n) is 9.71. The lowest BCUT2D eigenvalue weighted by Gasteiger charge is -2.24. The predicted octanol–water partition coefficient (Wildman–Crippen LogP) is 3.57. The molecule has 29 heavy (non-hydrogen) atoms. The molecule has 2 N–H and O–H groups in total. The van der Waals surface area contributed by atoms with Crippen molar-refractivity contribution in [2.75, 3.05) is 20.2 Å². The largest absolute Gasteiger partial charge is 0.389 e. The molecule has 0 aliphatic carbocycles. The third kappa shape index (κ3) is 5.51. The summed E-state index contributed by atoms with van der Waals surface area (Å²) in [5, 5.41) is 12.8. The monoisotopic (exact) mass is 415 g/mol. The first-order valence-corrected chi connectivity index (χ1v) is 10.6. The lowest BCUT2D eigenvalue weighted by atomic mass is 10.0. The van der Waals surface area contributed by atoms with Crippen LogP contribution in [0.25, 0.3) is 21.3 Å². The van der Waals surface area contributed by atoms with Crippen LogP contribution in [0.5, 0.6) is 0 Å². The van der Waals surface area contributed by atoms with Crippen molar-refractivity contribution in [2.45, 2.75) is 45.9 Å². The third-order valence-corrected chi connectivity index (χ3v) is 5.45. The van der Waals surface area contributed by atoms with Crippen molar-refractivity contribution in [3.63, 3.8) is 0 Å². The number of hydrogen-bond donors (Lipinski definition) is 2. The van der Waals surface area contributed by atoms with Gasteiger partial charge < -0.3 is 14.8 Å². The highest BCUT2D eigenvalue weighted by Gasteiger charge is 2.17. The molecule has 7 heteroatoms. The van der Waals surface area contributed by atoms with E-state index in [1.807, 2.05) is 69.3 Å². The van der Waals surface area contributed by atoms with Crippen LogP contribution in [0.1, 0.15) is 32.2 Å². The molecular weight excluding hydrogens is 386 g/mol. The van der Waals surface area contributed by atoms with Crippen LogP contribution in [0.2, 0.25) is 0 Å². The standard InChI is InChI=1S/C22H29N3O3S/c1-14-8-6-7-9-16(14)17-13-29-21-19(17)20(27)23-18(24-21)11-25(5)10-15(26)12-28-22(2,3)4/h6-9,13,15,26H,10-12H2,1-5H3,(H,23,24,27). The fourth-order valence-corrected chi connectivity index (χ4v) is 4.18. The third-order valence-electron chi connectivity index (χ3n) is 4.58. The highest BCUT2D eigenvalue weighted by atomic mass is 32.1. The Labute approximate surface area is 175 Å². The number of likely N-dealkylation sites (N-methyl/N-ethyl adjacent to an activating group) is 1. The maximum Gasteiger partial charge on any atom is 0.260 e. The Morgan fingerprint density at radius 3 is 2.69 bits per heavy atom. The number of H-pyrrole nitrogens is 1. The Kier molecular flexibility index (Phi) is 6.53. The summed E-state index contributed by atoms with van der Waals surface area (Å²) in [5.74, 6) is 0.590. The Bertz CT molecular complexity index is 1040. The summed E-state index contributed by atoms with van der Waals surface area (Å²) in [4.78, 5) is 23.0. The van der Waals surface area contributed by atoms with E-state index in [-0.39, 0.29) is 17.8 Å². The molecule has 1 atom stereocenters. The SMILES string of the molecule is Cc1ccccc1-c1csc2nc(CN(C)CC(O)COC(C)(C)C)[nH]c(=O)c12. The maximum absolute atomic E-state index is 12.8. The zero-order valence-corrected chi connectivity index (χ0v) is 18.5. The highest BCUT2D eigenvalue weighted by Crippen LogP contribution is 2.32. The van der Waals surface area contributed by atoms with E-state index >= 15 is 0 Å². The Morgan fingerprint density at radius 2 is 2.00 bits per heavy atom. The lowest BCUT2D eigenvalue weighted by molar-refractivity contribution is -0.0551. The minimum absolute atomic E-state index is 0.130. The van der Waals surface area contributed by atoms with E-state index in [2.05, 4.69) is 9.97 Å². The van der Waals surface area contributed by atoms with Crippen molar-refractivity contribution >= 4 is 21.6 Å². The molecule has 2 heterocycles. The molecule has 0 spiro atoms. The molecule has 6 nitrogen and oxygen atoms in total. The molecular formula is C22H29N3O3S. The molecule has 3 rings (SSSR count). The Morgan fingerprint density at radius 1 is 1.28 bits per heavy atom. The van der Waals surface area contributed by atoms with Gasteiger partial charge in [0.25, 0.3) is 5.56 Å². The van der Waals surface area contributed by atoms with Crippen molar-refractivity contribution in [3.8, 4) is 11.1 Å². The molecule has 3 aromatic rings. The molecule has 0 fully saturated rings. The fraction of sp³-hybridized carbons (Fsp3) is 0.455. The molecule has 0 bridgehead atoms. The van der Waals surface area contributed by atoms with Crippen molar-refractivity contribution in [1.29, 1.82) is 0 Å². The average molecular weight is 416 g/mol. The second-order valence-corrected chi connectivity index (χ2v) is 9.29. The van der Waals surface area contributed by atoms with Gasteiger partial charge in [-0.2, -0.15) is 0 Å². The van der Waals surface area contributed by atoms with Gasteiger partial charge in [-0.1, -0.05) is 24.3 Å². The van der Waals surface area contributed by atoms with Crippen LogP contribution < -0.4 is 5.56 Å². The number of rotatable bonds is 7. The summed E-state index contributed by atoms with van der Waals surface area (Å²) in [6, 6.07) is 8.04. The van der Waals surface area contributed by atoms with Crippen molar-refractivity contribution in [2.24, 2.45) is 0 Å². The maximum atomic E-state index is 12.8. The van der Waals surface area contributed by atoms with Gasteiger partial charge in [0.1, 0.15) is 10.7 Å².